The second-order valence-corrected chi connectivity index (χ2v) is 18.3. The van der Waals surface area contributed by atoms with Gasteiger partial charge < -0.3 is 55.4 Å². The van der Waals surface area contributed by atoms with Crippen LogP contribution in [-0.4, -0.2) is 57.5 Å². The van der Waals surface area contributed by atoms with Gasteiger partial charge in [-0.2, -0.15) is 0 Å². The first kappa shape index (κ1) is 41.6. The lowest BCUT2D eigenvalue weighted by molar-refractivity contribution is -0.132. The maximum Gasteiger partial charge on any atom is 0.229 e. The molecule has 0 amide bonds. The van der Waals surface area contributed by atoms with E-state index in [0.717, 1.165) is 6.08 Å². The second-order valence-electron chi connectivity index (χ2n) is 18.3. The van der Waals surface area contributed by atoms with Crippen molar-refractivity contribution in [1.29, 1.82) is 0 Å². The normalized spacial score (nSPS) is 23.9. The average molecular weight is 921 g/mol. The van der Waals surface area contributed by atoms with Crippen LogP contribution in [0.5, 0.6) is 57.5 Å². The van der Waals surface area contributed by atoms with Gasteiger partial charge in [0.25, 0.3) is 0 Å². The molecule has 9 N–H and O–H groups in total. The first-order valence-corrected chi connectivity index (χ1v) is 22.3. The smallest absolute Gasteiger partial charge is 0.229 e. The topological polar surface area (TPSA) is 235 Å². The van der Waals surface area contributed by atoms with Gasteiger partial charge in [0.05, 0.1) is 11.8 Å². The number of phenolic OH excluding ortho intramolecular Hbond substituents is 9. The van der Waals surface area contributed by atoms with Crippen molar-refractivity contribution < 1.29 is 65.0 Å². The molecule has 1 saturated heterocycles. The molecule has 8 atom stereocenters. The minimum Gasteiger partial charge on any atom is -0.508 e. The number of hydrogen-bond acceptors (Lipinski definition) is 13. The summed E-state index contributed by atoms with van der Waals surface area (Å²) in [5, 5.41) is 102. The van der Waals surface area contributed by atoms with Gasteiger partial charge in [0, 0.05) is 75.8 Å². The molecule has 0 radical (unpaired) electrons. The van der Waals surface area contributed by atoms with E-state index in [1.54, 1.807) is 54.6 Å². The van der Waals surface area contributed by atoms with Crippen molar-refractivity contribution in [3.8, 4) is 57.5 Å². The Labute approximate surface area is 392 Å². The standard InChI is InChI=1S/C56H40O13/c57-28-9-1-24(2-10-28)43-45-35(17-32(61)20-38(45)64)49-47-37(19-34(63)22-41(47)68-55(49)26-5-13-30(59)14-6-26)48(43)52-44(25-3-11-29(58)12-4-25)46-36(18-33(62)21-39(46)65)50-51-42(23-40(66)54(67)53(51)52)69-56(50)27-7-15-31(60)16-8-27/h1-23,43-44,48-50,52,55-65H. The lowest BCUT2D eigenvalue weighted by Crippen LogP contribution is -2.35. The molecule has 7 aromatic rings. The van der Waals surface area contributed by atoms with E-state index in [1.165, 1.54) is 78.9 Å². The van der Waals surface area contributed by atoms with Crippen molar-refractivity contribution >= 4 is 11.6 Å². The summed E-state index contributed by atoms with van der Waals surface area (Å²) in [7, 11) is 0. The molecule has 12 rings (SSSR count). The van der Waals surface area contributed by atoms with Gasteiger partial charge in [-0.15, -0.1) is 0 Å². The van der Waals surface area contributed by atoms with Crippen LogP contribution >= 0.6 is 0 Å². The monoisotopic (exact) mass is 920 g/mol. The summed E-state index contributed by atoms with van der Waals surface area (Å²) in [5.41, 5.74) is 4.61. The average Bonchev–Trinajstić information content (AvgIpc) is 3.81. The number of ketones is 2. The number of Topliss-reactive ketones (excluding diaryl/α,β-unsaturated/α-hetero) is 1. The largest absolute Gasteiger partial charge is 0.508 e. The summed E-state index contributed by atoms with van der Waals surface area (Å²) in [6.45, 7) is 0. The minimum absolute atomic E-state index is 0.00131. The Morgan fingerprint density at radius 3 is 1.29 bits per heavy atom. The highest BCUT2D eigenvalue weighted by atomic mass is 16.5. The van der Waals surface area contributed by atoms with Crippen LogP contribution in [0, 0.1) is 5.92 Å². The van der Waals surface area contributed by atoms with E-state index in [-0.39, 0.29) is 80.0 Å². The number of carbonyl (C=O) groups excluding carboxylic acids is 2. The maximum absolute atomic E-state index is 15.5. The summed E-state index contributed by atoms with van der Waals surface area (Å²) in [6.07, 6.45) is -0.729. The van der Waals surface area contributed by atoms with Crippen molar-refractivity contribution in [2.45, 2.75) is 41.8 Å². The van der Waals surface area contributed by atoms with Gasteiger partial charge in [-0.1, -0.05) is 48.5 Å². The Morgan fingerprint density at radius 1 is 0.362 bits per heavy atom. The molecule has 13 heteroatoms. The number of allylic oxidation sites excluding steroid dienone is 3. The molecule has 1 fully saturated rings. The van der Waals surface area contributed by atoms with E-state index in [0.29, 0.717) is 50.1 Å². The van der Waals surface area contributed by atoms with Gasteiger partial charge in [0.15, 0.2) is 0 Å². The number of benzene rings is 7. The fourth-order valence-electron chi connectivity index (χ4n) is 12.0. The van der Waals surface area contributed by atoms with Crippen LogP contribution in [0.2, 0.25) is 0 Å². The van der Waals surface area contributed by atoms with Gasteiger partial charge in [0.1, 0.15) is 75.5 Å². The number of phenols is 9. The Bertz CT molecular complexity index is 3390. The number of rotatable bonds is 5. The molecule has 5 aliphatic rings. The number of ether oxygens (including phenoxy) is 2. The molecular weight excluding hydrogens is 881 g/mol. The van der Waals surface area contributed by atoms with Gasteiger partial charge in [-0.05, 0) is 106 Å². The minimum atomic E-state index is -1.27. The van der Waals surface area contributed by atoms with Crippen LogP contribution in [0.4, 0.5) is 0 Å². The first-order valence-electron chi connectivity index (χ1n) is 22.3. The predicted octanol–water partition coefficient (Wildman–Crippen LogP) is 9.18. The summed E-state index contributed by atoms with van der Waals surface area (Å²) >= 11 is 0. The fraction of sp³-hybridized carbons (Fsp3) is 0.143. The first-order chi connectivity index (χ1) is 33.2. The third-order valence-corrected chi connectivity index (χ3v) is 14.6. The molecule has 0 spiro atoms. The summed E-state index contributed by atoms with van der Waals surface area (Å²) in [4.78, 5) is 30.0. The Morgan fingerprint density at radius 2 is 0.783 bits per heavy atom. The van der Waals surface area contributed by atoms with Crippen LogP contribution in [0.3, 0.4) is 0 Å². The lowest BCUT2D eigenvalue weighted by Gasteiger charge is -2.41. The van der Waals surface area contributed by atoms with E-state index >= 15 is 4.79 Å². The van der Waals surface area contributed by atoms with Crippen molar-refractivity contribution in [3.05, 3.63) is 212 Å². The molecule has 8 unspecified atom stereocenters. The zero-order chi connectivity index (χ0) is 47.7. The predicted molar refractivity (Wildman–Crippen MR) is 247 cm³/mol. The number of aromatic hydroxyl groups is 9. The zero-order valence-electron chi connectivity index (χ0n) is 36.1. The number of fused-ring (bicyclic) bond motifs is 4. The summed E-state index contributed by atoms with van der Waals surface area (Å²) < 4.78 is 13.5. The maximum atomic E-state index is 15.5. The number of carbonyl (C=O) groups is 2. The van der Waals surface area contributed by atoms with E-state index in [2.05, 4.69) is 0 Å². The van der Waals surface area contributed by atoms with Crippen LogP contribution in [-0.2, 0) is 14.3 Å². The van der Waals surface area contributed by atoms with Crippen LogP contribution in [0.1, 0.15) is 97.4 Å². The SMILES string of the molecule is O=C1C=C2OC(c3ccc(O)cc3)C3C2=C(C1=O)C(C1c2cc(O)cc4c2C(c2cc(O)cc(O)c2C1c1ccc(O)cc1)C(c1ccc(O)cc1)O4)C(c1ccc(O)cc1)c1c(O)cc(O)cc13. The van der Waals surface area contributed by atoms with E-state index < -0.39 is 59.3 Å². The van der Waals surface area contributed by atoms with E-state index in [4.69, 9.17) is 9.47 Å². The van der Waals surface area contributed by atoms with Gasteiger partial charge in [-0.3, -0.25) is 9.59 Å². The highest BCUT2D eigenvalue weighted by molar-refractivity contribution is 6.49. The quantitative estimate of drug-likeness (QED) is 0.0579. The molecule has 0 saturated carbocycles. The lowest BCUT2D eigenvalue weighted by atomic mass is 9.61. The summed E-state index contributed by atoms with van der Waals surface area (Å²) in [5.74, 6) is -9.66. The van der Waals surface area contributed by atoms with Crippen molar-refractivity contribution in [3.63, 3.8) is 0 Å². The Balaban J connectivity index is 1.26. The molecule has 342 valence electrons. The molecule has 69 heavy (non-hydrogen) atoms. The molecule has 0 aromatic heterocycles. The van der Waals surface area contributed by atoms with E-state index in [9.17, 15) is 50.8 Å². The third-order valence-electron chi connectivity index (χ3n) is 14.6. The second kappa shape index (κ2) is 15.1. The number of hydrogen-bond donors (Lipinski definition) is 9. The zero-order valence-corrected chi connectivity index (χ0v) is 36.1. The Hall–Kier alpha value is -8.84. The van der Waals surface area contributed by atoms with Crippen LogP contribution in [0.15, 0.2) is 156 Å². The van der Waals surface area contributed by atoms with Crippen molar-refractivity contribution in [2.75, 3.05) is 0 Å². The molecule has 3 aliphatic carbocycles. The van der Waals surface area contributed by atoms with Crippen molar-refractivity contribution in [2.24, 2.45) is 5.92 Å². The fourth-order valence-corrected chi connectivity index (χ4v) is 12.0. The highest BCUT2D eigenvalue weighted by Crippen LogP contribution is 2.68. The van der Waals surface area contributed by atoms with E-state index in [1.807, 2.05) is 0 Å². The molecular formula is C56H40O13. The van der Waals surface area contributed by atoms with Gasteiger partial charge in [-0.25, -0.2) is 0 Å². The van der Waals surface area contributed by atoms with Crippen molar-refractivity contribution in [1.82, 2.24) is 0 Å². The molecule has 2 aliphatic heterocycles. The Kier molecular flexibility index (Phi) is 9.09. The molecule has 13 nitrogen and oxygen atoms in total. The van der Waals surface area contributed by atoms with Crippen LogP contribution in [0.25, 0.3) is 0 Å². The molecule has 7 aromatic carbocycles. The molecule has 0 bridgehead atoms. The third kappa shape index (κ3) is 6.30. The van der Waals surface area contributed by atoms with Gasteiger partial charge in [0.2, 0.25) is 11.6 Å². The van der Waals surface area contributed by atoms with Crippen LogP contribution < -0.4 is 4.74 Å². The van der Waals surface area contributed by atoms with Gasteiger partial charge >= 0.3 is 0 Å². The highest BCUT2D eigenvalue weighted by Gasteiger charge is 2.58. The molecule has 2 heterocycles. The summed E-state index contributed by atoms with van der Waals surface area (Å²) in [6, 6.07) is 33.6.